The number of nitro groups is 1. The highest BCUT2D eigenvalue weighted by atomic mass is 19.1. The third-order valence-corrected chi connectivity index (χ3v) is 3.95. The monoisotopic (exact) mass is 295 g/mol. The first-order chi connectivity index (χ1) is 9.90. The average molecular weight is 295 g/mol. The van der Waals surface area contributed by atoms with Crippen molar-refractivity contribution >= 4 is 11.6 Å². The molecule has 2 rings (SSSR count). The molecule has 0 unspecified atom stereocenters. The lowest BCUT2D eigenvalue weighted by Crippen LogP contribution is -2.44. The number of nitrogens with zero attached hydrogens (tertiary/aromatic N) is 3. The minimum Gasteiger partial charge on any atom is -0.339 e. The first-order valence-corrected chi connectivity index (χ1v) is 6.80. The lowest BCUT2D eigenvalue weighted by Gasteiger charge is -2.35. The molecule has 1 aromatic rings. The maximum atomic E-state index is 13.3. The number of rotatable bonds is 3. The second-order valence-electron chi connectivity index (χ2n) is 5.37. The van der Waals surface area contributed by atoms with Gasteiger partial charge in [0.15, 0.2) is 0 Å². The van der Waals surface area contributed by atoms with Crippen LogP contribution in [0.25, 0.3) is 0 Å². The van der Waals surface area contributed by atoms with Gasteiger partial charge in [0.2, 0.25) is 5.82 Å². The highest BCUT2D eigenvalue weighted by Crippen LogP contribution is 2.21. The first-order valence-electron chi connectivity index (χ1n) is 6.80. The minimum atomic E-state index is -0.932. The summed E-state index contributed by atoms with van der Waals surface area (Å²) in [5, 5.41) is 10.7. The average Bonchev–Trinajstić information content (AvgIpc) is 2.46. The van der Waals surface area contributed by atoms with Crippen LogP contribution in [0.3, 0.4) is 0 Å². The van der Waals surface area contributed by atoms with Gasteiger partial charge in [0.05, 0.1) is 4.92 Å². The normalized spacial score (nSPS) is 16.7. The van der Waals surface area contributed by atoms with E-state index in [9.17, 15) is 19.3 Å². The van der Waals surface area contributed by atoms with E-state index in [0.29, 0.717) is 0 Å². The van der Waals surface area contributed by atoms with Crippen LogP contribution in [0.2, 0.25) is 0 Å². The number of nitro benzene ring substituents is 1. The Balaban J connectivity index is 2.16. The van der Waals surface area contributed by atoms with Crippen molar-refractivity contribution < 1.29 is 14.1 Å². The van der Waals surface area contributed by atoms with E-state index in [2.05, 4.69) is 4.90 Å². The quantitative estimate of drug-likeness (QED) is 0.631. The summed E-state index contributed by atoms with van der Waals surface area (Å²) in [6, 6.07) is 3.37. The molecule has 114 valence electrons. The molecule has 1 saturated heterocycles. The van der Waals surface area contributed by atoms with Crippen LogP contribution in [0, 0.1) is 15.9 Å². The molecule has 0 saturated carbocycles. The van der Waals surface area contributed by atoms with Gasteiger partial charge in [0, 0.05) is 24.7 Å². The molecular weight excluding hydrogens is 277 g/mol. The number of hydrogen-bond acceptors (Lipinski definition) is 4. The topological polar surface area (TPSA) is 66.7 Å². The smallest absolute Gasteiger partial charge is 0.305 e. The van der Waals surface area contributed by atoms with Gasteiger partial charge in [0.25, 0.3) is 5.91 Å². The lowest BCUT2D eigenvalue weighted by molar-refractivity contribution is -0.387. The summed E-state index contributed by atoms with van der Waals surface area (Å²) in [5.41, 5.74) is -0.526. The van der Waals surface area contributed by atoms with E-state index in [-0.39, 0.29) is 17.5 Å². The van der Waals surface area contributed by atoms with Crippen LogP contribution in [-0.2, 0) is 0 Å². The Morgan fingerprint density at radius 2 is 2.05 bits per heavy atom. The van der Waals surface area contributed by atoms with Gasteiger partial charge in [-0.2, -0.15) is 4.39 Å². The molecule has 0 atom stereocenters. The fourth-order valence-electron chi connectivity index (χ4n) is 2.54. The molecule has 0 radical (unpaired) electrons. The largest absolute Gasteiger partial charge is 0.339 e. The molecule has 1 heterocycles. The molecule has 1 aliphatic rings. The van der Waals surface area contributed by atoms with E-state index in [0.717, 1.165) is 38.1 Å². The third-order valence-electron chi connectivity index (χ3n) is 3.95. The van der Waals surface area contributed by atoms with E-state index >= 15 is 0 Å². The van der Waals surface area contributed by atoms with Gasteiger partial charge in [-0.15, -0.1) is 0 Å². The molecule has 21 heavy (non-hydrogen) atoms. The van der Waals surface area contributed by atoms with E-state index in [1.807, 2.05) is 7.05 Å². The summed E-state index contributed by atoms with van der Waals surface area (Å²) in [5.74, 6) is -1.24. The standard InChI is InChI=1S/C14H18FN3O3/c1-16-7-5-11(6-8-16)17(2)14(19)10-3-4-12(15)13(9-10)18(20)21/h3-4,9,11H,5-8H2,1-2H3. The van der Waals surface area contributed by atoms with Gasteiger partial charge in [0.1, 0.15) is 0 Å². The van der Waals surface area contributed by atoms with Crippen molar-refractivity contribution in [3.05, 3.63) is 39.7 Å². The number of carbonyl (C=O) groups excluding carboxylic acids is 1. The summed E-state index contributed by atoms with van der Waals surface area (Å²) >= 11 is 0. The van der Waals surface area contributed by atoms with E-state index < -0.39 is 16.4 Å². The molecule has 1 aromatic carbocycles. The predicted molar refractivity (Wildman–Crippen MR) is 75.7 cm³/mol. The number of amides is 1. The number of piperidine rings is 1. The van der Waals surface area contributed by atoms with Crippen molar-refractivity contribution in [2.45, 2.75) is 18.9 Å². The second kappa shape index (κ2) is 6.17. The van der Waals surface area contributed by atoms with Crippen LogP contribution in [-0.4, -0.2) is 53.9 Å². The second-order valence-corrected chi connectivity index (χ2v) is 5.37. The zero-order valence-corrected chi connectivity index (χ0v) is 12.1. The minimum absolute atomic E-state index is 0.109. The fraction of sp³-hybridized carbons (Fsp3) is 0.500. The molecule has 1 fully saturated rings. The van der Waals surface area contributed by atoms with E-state index in [1.165, 1.54) is 6.07 Å². The SMILES string of the molecule is CN1CCC(N(C)C(=O)c2ccc(F)c([N+](=O)[O-])c2)CC1. The zero-order chi connectivity index (χ0) is 15.6. The Kier molecular flexibility index (Phi) is 4.52. The number of halogens is 1. The maximum Gasteiger partial charge on any atom is 0.305 e. The summed E-state index contributed by atoms with van der Waals surface area (Å²) < 4.78 is 13.3. The summed E-state index contributed by atoms with van der Waals surface area (Å²) in [6.07, 6.45) is 1.73. The number of benzene rings is 1. The van der Waals surface area contributed by atoms with Crippen LogP contribution < -0.4 is 0 Å². The summed E-state index contributed by atoms with van der Waals surface area (Å²) in [7, 11) is 3.72. The molecule has 0 N–H and O–H groups in total. The predicted octanol–water partition coefficient (Wildman–Crippen LogP) is 1.90. The summed E-state index contributed by atoms with van der Waals surface area (Å²) in [4.78, 5) is 26.1. The highest BCUT2D eigenvalue weighted by Gasteiger charge is 2.26. The Hall–Kier alpha value is -2.02. The molecule has 1 aliphatic heterocycles. The van der Waals surface area contributed by atoms with Gasteiger partial charge in [-0.05, 0) is 45.1 Å². The van der Waals surface area contributed by atoms with E-state index in [4.69, 9.17) is 0 Å². The molecule has 7 heteroatoms. The molecule has 6 nitrogen and oxygen atoms in total. The van der Waals surface area contributed by atoms with Crippen molar-refractivity contribution in [2.24, 2.45) is 0 Å². The Morgan fingerprint density at radius 3 is 2.62 bits per heavy atom. The van der Waals surface area contributed by atoms with Gasteiger partial charge >= 0.3 is 5.69 Å². The molecule has 0 aliphatic carbocycles. The first kappa shape index (κ1) is 15.4. The Morgan fingerprint density at radius 1 is 1.43 bits per heavy atom. The van der Waals surface area contributed by atoms with Gasteiger partial charge in [-0.1, -0.05) is 0 Å². The van der Waals surface area contributed by atoms with Crippen molar-refractivity contribution in [3.8, 4) is 0 Å². The van der Waals surface area contributed by atoms with Crippen molar-refractivity contribution in [1.29, 1.82) is 0 Å². The van der Waals surface area contributed by atoms with Crippen LogP contribution in [0.15, 0.2) is 18.2 Å². The number of likely N-dealkylation sites (tertiary alicyclic amines) is 1. The molecule has 0 bridgehead atoms. The van der Waals surface area contributed by atoms with Gasteiger partial charge in [-0.25, -0.2) is 0 Å². The van der Waals surface area contributed by atoms with Crippen LogP contribution in [0.1, 0.15) is 23.2 Å². The van der Waals surface area contributed by atoms with Crippen molar-refractivity contribution in [1.82, 2.24) is 9.80 Å². The van der Waals surface area contributed by atoms with Crippen molar-refractivity contribution in [2.75, 3.05) is 27.2 Å². The molecule has 1 amide bonds. The zero-order valence-electron chi connectivity index (χ0n) is 12.1. The van der Waals surface area contributed by atoms with Gasteiger partial charge < -0.3 is 9.80 Å². The van der Waals surface area contributed by atoms with Crippen LogP contribution >= 0.6 is 0 Å². The van der Waals surface area contributed by atoms with Crippen LogP contribution in [0.5, 0.6) is 0 Å². The van der Waals surface area contributed by atoms with Crippen molar-refractivity contribution in [3.63, 3.8) is 0 Å². The lowest BCUT2D eigenvalue weighted by atomic mass is 10.0. The Bertz CT molecular complexity index is 556. The van der Waals surface area contributed by atoms with Crippen LogP contribution in [0.4, 0.5) is 10.1 Å². The summed E-state index contributed by atoms with van der Waals surface area (Å²) in [6.45, 7) is 1.82. The fourth-order valence-corrected chi connectivity index (χ4v) is 2.54. The Labute approximate surface area is 122 Å². The highest BCUT2D eigenvalue weighted by molar-refractivity contribution is 5.94. The van der Waals surface area contributed by atoms with Gasteiger partial charge in [-0.3, -0.25) is 14.9 Å². The number of carbonyl (C=O) groups is 1. The molecule has 0 spiro atoms. The van der Waals surface area contributed by atoms with E-state index in [1.54, 1.807) is 11.9 Å². The number of hydrogen-bond donors (Lipinski definition) is 0. The third kappa shape index (κ3) is 3.36. The molecule has 0 aromatic heterocycles. The maximum absolute atomic E-state index is 13.3. The molecular formula is C14H18FN3O3.